The van der Waals surface area contributed by atoms with Gasteiger partial charge in [0.25, 0.3) is 0 Å². The van der Waals surface area contributed by atoms with Gasteiger partial charge in [0.1, 0.15) is 18.1 Å². The van der Waals surface area contributed by atoms with Crippen molar-refractivity contribution in [1.82, 2.24) is 20.9 Å². The van der Waals surface area contributed by atoms with Crippen molar-refractivity contribution in [2.24, 2.45) is 11.7 Å². The number of nitrogens with two attached hydrogens (primary N) is 1. The van der Waals surface area contributed by atoms with Crippen molar-refractivity contribution >= 4 is 52.9 Å². The molecular weight excluding hydrogens is 670 g/mol. The summed E-state index contributed by atoms with van der Waals surface area (Å²) >= 11 is 0. The molecule has 3 rings (SSSR count). The van der Waals surface area contributed by atoms with Gasteiger partial charge in [-0.2, -0.15) is 0 Å². The molecule has 1 fully saturated rings. The van der Waals surface area contributed by atoms with Crippen molar-refractivity contribution in [1.29, 1.82) is 0 Å². The first-order chi connectivity index (χ1) is 24.6. The third-order valence-electron chi connectivity index (χ3n) is 8.14. The molecule has 15 nitrogen and oxygen atoms in total. The van der Waals surface area contributed by atoms with Crippen LogP contribution in [-0.4, -0.2) is 83.8 Å². The zero-order valence-electron chi connectivity index (χ0n) is 30.5. The smallest absolute Gasteiger partial charge is 0.323 e. The molecule has 2 aromatic rings. The first-order valence-corrected chi connectivity index (χ1v) is 17.5. The second-order valence-corrected chi connectivity index (χ2v) is 13.6. The number of hydrogen-bond acceptors (Lipinski definition) is 8. The van der Waals surface area contributed by atoms with Crippen LogP contribution in [0.2, 0.25) is 0 Å². The van der Waals surface area contributed by atoms with Gasteiger partial charge in [-0.05, 0) is 81.7 Å². The maximum atomic E-state index is 13.6. The Morgan fingerprint density at radius 3 is 2.21 bits per heavy atom. The number of nitrogens with one attached hydrogen (secondary N) is 5. The van der Waals surface area contributed by atoms with Crippen LogP contribution in [0.1, 0.15) is 70.9 Å². The highest BCUT2D eigenvalue weighted by Gasteiger charge is 2.34. The van der Waals surface area contributed by atoms with Gasteiger partial charge in [-0.1, -0.05) is 44.2 Å². The number of nitrogens with zero attached hydrogens (tertiary/aromatic N) is 1. The van der Waals surface area contributed by atoms with Crippen LogP contribution in [0, 0.1) is 12.8 Å². The lowest BCUT2D eigenvalue weighted by atomic mass is 10.0. The molecule has 1 saturated heterocycles. The molecule has 1 aliphatic heterocycles. The number of ether oxygens (including phenoxy) is 1. The third kappa shape index (κ3) is 13.7. The molecule has 0 bridgehead atoms. The van der Waals surface area contributed by atoms with Crippen molar-refractivity contribution in [3.63, 3.8) is 0 Å². The molecule has 0 radical (unpaired) electrons. The van der Waals surface area contributed by atoms with Gasteiger partial charge in [0.2, 0.25) is 29.5 Å². The fourth-order valence-electron chi connectivity index (χ4n) is 5.65. The predicted molar refractivity (Wildman–Crippen MR) is 195 cm³/mol. The number of para-hydroxylation sites is 1. The summed E-state index contributed by atoms with van der Waals surface area (Å²) in [4.78, 5) is 91.4. The van der Waals surface area contributed by atoms with Crippen molar-refractivity contribution < 1.29 is 38.3 Å². The lowest BCUT2D eigenvalue weighted by Gasteiger charge is -2.27. The maximum absolute atomic E-state index is 13.6. The average Bonchev–Trinajstić information content (AvgIpc) is 3.21. The van der Waals surface area contributed by atoms with Gasteiger partial charge in [-0.25, -0.2) is 4.79 Å². The zero-order valence-corrected chi connectivity index (χ0v) is 30.5. The summed E-state index contributed by atoms with van der Waals surface area (Å²) in [6.07, 6.45) is 0.636. The van der Waals surface area contributed by atoms with E-state index >= 15 is 0 Å². The zero-order chi connectivity index (χ0) is 38.4. The summed E-state index contributed by atoms with van der Waals surface area (Å²) in [5.41, 5.74) is 8.03. The molecule has 2 aromatic carbocycles. The number of rotatable bonds is 16. The van der Waals surface area contributed by atoms with Crippen LogP contribution in [0.25, 0.3) is 0 Å². The lowest BCUT2D eigenvalue weighted by molar-refractivity contribution is -0.150. The van der Waals surface area contributed by atoms with Crippen LogP contribution in [0.4, 0.5) is 16.2 Å². The topological polar surface area (TPSA) is 218 Å². The molecule has 1 unspecified atom stereocenters. The number of likely N-dealkylation sites (tertiary alicyclic amines) is 1. The Labute approximate surface area is 304 Å². The Balaban J connectivity index is 1.67. The van der Waals surface area contributed by atoms with E-state index in [9.17, 15) is 33.6 Å². The van der Waals surface area contributed by atoms with E-state index in [0.29, 0.717) is 42.7 Å². The van der Waals surface area contributed by atoms with Crippen molar-refractivity contribution in [3.05, 3.63) is 59.7 Å². The average molecular weight is 722 g/mol. The van der Waals surface area contributed by atoms with Crippen LogP contribution >= 0.6 is 0 Å². The Hall–Kier alpha value is -5.47. The Morgan fingerprint density at radius 2 is 1.58 bits per heavy atom. The number of anilines is 2. The molecule has 0 saturated carbocycles. The Kier molecular flexibility index (Phi) is 15.6. The number of carbonyl (C=O) groups is 7. The molecule has 15 heteroatoms. The molecular formula is C37H51N7O8. The summed E-state index contributed by atoms with van der Waals surface area (Å²) in [5, 5.41) is 13.5. The number of urea groups is 1. The summed E-state index contributed by atoms with van der Waals surface area (Å²) in [6, 6.07) is 10.2. The number of esters is 1. The van der Waals surface area contributed by atoms with E-state index in [2.05, 4.69) is 26.6 Å². The summed E-state index contributed by atoms with van der Waals surface area (Å²) in [6.45, 7) is 8.92. The number of aryl methyl sites for hydroxylation is 1. The number of benzene rings is 2. The molecule has 1 heterocycles. The highest BCUT2D eigenvalue weighted by molar-refractivity contribution is 6.00. The number of hydrogen-bond donors (Lipinski definition) is 6. The van der Waals surface area contributed by atoms with Gasteiger partial charge in [0, 0.05) is 17.9 Å². The minimum atomic E-state index is -1.42. The molecule has 0 aliphatic carbocycles. The second kappa shape index (κ2) is 19.8. The monoisotopic (exact) mass is 721 g/mol. The molecule has 282 valence electrons. The first kappa shape index (κ1) is 41.0. The molecule has 52 heavy (non-hydrogen) atoms. The van der Waals surface area contributed by atoms with E-state index in [4.69, 9.17) is 10.5 Å². The van der Waals surface area contributed by atoms with Gasteiger partial charge >= 0.3 is 12.0 Å². The van der Waals surface area contributed by atoms with Gasteiger partial charge in [-0.15, -0.1) is 0 Å². The number of amides is 7. The molecule has 7 N–H and O–H groups in total. The fourth-order valence-corrected chi connectivity index (χ4v) is 5.65. The van der Waals surface area contributed by atoms with Crippen LogP contribution < -0.4 is 32.3 Å². The minimum absolute atomic E-state index is 0.0368. The van der Waals surface area contributed by atoms with Crippen molar-refractivity contribution in [2.75, 3.05) is 23.7 Å². The van der Waals surface area contributed by atoms with E-state index < -0.39 is 72.2 Å². The predicted octanol–water partition coefficient (Wildman–Crippen LogP) is 2.52. The quantitative estimate of drug-likeness (QED) is 0.141. The molecule has 3 atom stereocenters. The highest BCUT2D eigenvalue weighted by Crippen LogP contribution is 2.16. The van der Waals surface area contributed by atoms with E-state index in [0.717, 1.165) is 5.56 Å². The van der Waals surface area contributed by atoms with Crippen LogP contribution in [-0.2, 0) is 39.9 Å². The largest absolute Gasteiger partial charge is 0.463 e. The normalized spacial score (nSPS) is 15.6. The summed E-state index contributed by atoms with van der Waals surface area (Å²) < 4.78 is 5.23. The van der Waals surface area contributed by atoms with Crippen molar-refractivity contribution in [2.45, 2.75) is 97.4 Å². The molecule has 7 amide bonds. The van der Waals surface area contributed by atoms with E-state index in [1.165, 1.54) is 4.90 Å². The van der Waals surface area contributed by atoms with Gasteiger partial charge in [0.05, 0.1) is 25.5 Å². The molecule has 1 aliphatic rings. The van der Waals surface area contributed by atoms with Crippen molar-refractivity contribution in [3.8, 4) is 0 Å². The summed E-state index contributed by atoms with van der Waals surface area (Å²) in [7, 11) is 0. The molecule has 0 aromatic heterocycles. The maximum Gasteiger partial charge on any atom is 0.323 e. The van der Waals surface area contributed by atoms with Crippen LogP contribution in [0.5, 0.6) is 0 Å². The summed E-state index contributed by atoms with van der Waals surface area (Å²) in [5.74, 6) is -3.90. The van der Waals surface area contributed by atoms with Crippen LogP contribution in [0.3, 0.4) is 0 Å². The van der Waals surface area contributed by atoms with Gasteiger partial charge < -0.3 is 42.0 Å². The Morgan fingerprint density at radius 1 is 0.885 bits per heavy atom. The lowest BCUT2D eigenvalue weighted by Crippen LogP contribution is -2.57. The number of primary amides is 1. The van der Waals surface area contributed by atoms with Gasteiger partial charge in [-0.3, -0.25) is 28.8 Å². The van der Waals surface area contributed by atoms with Gasteiger partial charge in [0.15, 0.2) is 0 Å². The standard InChI is InChI=1S/C37H51N7O8/c1-22(2)18-29(40-32(46)19-25-13-15-26(16-14-25)39-37(51)43-27-11-7-6-10-24(27)5)34(48)42-30(20-33(47)52-23(3)4)35(49)41-28-12-8-9-17-44(36(28)50)21-31(38)45/h6-7,10-11,13-16,22-23,28-30H,8-9,12,17-21H2,1-5H3,(H2,38,45)(H,40,46)(H,41,49)(H,42,48)(H2,39,43,51)/t28?,29-,30-/m0/s1. The van der Waals surface area contributed by atoms with E-state index in [-0.39, 0.29) is 25.3 Å². The third-order valence-corrected chi connectivity index (χ3v) is 8.14. The Bertz CT molecular complexity index is 1590. The molecule has 0 spiro atoms. The number of carbonyl (C=O) groups excluding carboxylic acids is 7. The minimum Gasteiger partial charge on any atom is -0.463 e. The first-order valence-electron chi connectivity index (χ1n) is 17.5. The van der Waals surface area contributed by atoms with Crippen LogP contribution in [0.15, 0.2) is 48.5 Å². The second-order valence-electron chi connectivity index (χ2n) is 13.6. The van der Waals surface area contributed by atoms with E-state index in [1.807, 2.05) is 39.0 Å². The highest BCUT2D eigenvalue weighted by atomic mass is 16.5. The SMILES string of the molecule is Cc1ccccc1NC(=O)Nc1ccc(CC(=O)N[C@@H](CC(C)C)C(=O)N[C@@H](CC(=O)OC(C)C)C(=O)NC2CCCCN(CC(N)=O)C2=O)cc1. The van der Waals surface area contributed by atoms with E-state index in [1.54, 1.807) is 44.2 Å². The fraction of sp³-hybridized carbons (Fsp3) is 0.486.